The molecule has 0 saturated heterocycles. The fourth-order valence-corrected chi connectivity index (χ4v) is 12.6. The van der Waals surface area contributed by atoms with Crippen LogP contribution < -0.4 is 5.30 Å². The molecule has 3 saturated carbocycles. The Hall–Kier alpha value is -2.77. The molecular formula is C40H49N2OP. The molecule has 1 heterocycles. The van der Waals surface area contributed by atoms with Gasteiger partial charge >= 0.3 is 0 Å². The molecule has 3 fully saturated rings. The first-order valence-electron chi connectivity index (χ1n) is 17.7. The Labute approximate surface area is 266 Å². The van der Waals surface area contributed by atoms with Crippen molar-refractivity contribution in [2.45, 2.75) is 120 Å². The molecule has 3 nitrogen and oxygen atoms in total. The van der Waals surface area contributed by atoms with Gasteiger partial charge < -0.3 is 0 Å². The van der Waals surface area contributed by atoms with E-state index in [9.17, 15) is 4.79 Å². The maximum absolute atomic E-state index is 14.9. The van der Waals surface area contributed by atoms with Gasteiger partial charge in [0.1, 0.15) is 11.9 Å². The number of amides is 1. The fraction of sp³-hybridized carbons (Fsp3) is 0.500. The van der Waals surface area contributed by atoms with Gasteiger partial charge in [-0.1, -0.05) is 151 Å². The van der Waals surface area contributed by atoms with Crippen LogP contribution >= 0.6 is 7.92 Å². The number of aliphatic imine (C=N–C) groups is 1. The quantitative estimate of drug-likeness (QED) is 0.247. The number of nitrogens with zero attached hydrogens (tertiary/aromatic N) is 2. The van der Waals surface area contributed by atoms with E-state index in [1.54, 1.807) is 0 Å². The molecule has 0 aromatic heterocycles. The number of carbonyl (C=O) groups excluding carboxylic acids is 1. The lowest BCUT2D eigenvalue weighted by atomic mass is 9.86. The lowest BCUT2D eigenvalue weighted by molar-refractivity contribution is -0.134. The van der Waals surface area contributed by atoms with E-state index in [-0.39, 0.29) is 25.9 Å². The SMILES string of the molecule is O=C(C1CCCCC1)N1C(c2ccccc2P(C2CCCCC2)C2CCCCC2)=N[C@H](c2ccccc2)[C@H]1c1ccccc1. The van der Waals surface area contributed by atoms with E-state index in [0.29, 0.717) is 5.91 Å². The molecule has 0 spiro atoms. The zero-order valence-electron chi connectivity index (χ0n) is 26.3. The van der Waals surface area contributed by atoms with Gasteiger partial charge in [0, 0.05) is 11.5 Å². The molecule has 230 valence electrons. The zero-order chi connectivity index (χ0) is 29.7. The van der Waals surface area contributed by atoms with Gasteiger partial charge in [0.05, 0.1) is 6.04 Å². The van der Waals surface area contributed by atoms with Crippen molar-refractivity contribution in [3.05, 3.63) is 102 Å². The third-order valence-electron chi connectivity index (χ3n) is 10.9. The predicted molar refractivity (Wildman–Crippen MR) is 185 cm³/mol. The third kappa shape index (κ3) is 6.19. The van der Waals surface area contributed by atoms with Crippen LogP contribution in [0.2, 0.25) is 0 Å². The largest absolute Gasteiger partial charge is 0.286 e. The van der Waals surface area contributed by atoms with Crippen LogP contribution in [0.3, 0.4) is 0 Å². The first-order chi connectivity index (χ1) is 21.8. The van der Waals surface area contributed by atoms with Crippen LogP contribution in [0.1, 0.15) is 125 Å². The lowest BCUT2D eigenvalue weighted by Gasteiger charge is -2.40. The van der Waals surface area contributed by atoms with Gasteiger partial charge in [-0.3, -0.25) is 14.7 Å². The Balaban J connectivity index is 1.38. The second-order valence-corrected chi connectivity index (χ2v) is 16.5. The van der Waals surface area contributed by atoms with E-state index in [0.717, 1.165) is 42.8 Å². The summed E-state index contributed by atoms with van der Waals surface area (Å²) in [5, 5.41) is 1.53. The number of amidine groups is 1. The number of hydrogen-bond acceptors (Lipinski definition) is 2. The van der Waals surface area contributed by atoms with E-state index < -0.39 is 0 Å². The van der Waals surface area contributed by atoms with Gasteiger partial charge in [-0.05, 0) is 66.3 Å². The molecule has 44 heavy (non-hydrogen) atoms. The Morgan fingerprint density at radius 2 is 1.09 bits per heavy atom. The molecule has 2 atom stereocenters. The van der Waals surface area contributed by atoms with Crippen LogP contribution in [0.4, 0.5) is 0 Å². The summed E-state index contributed by atoms with van der Waals surface area (Å²) in [7, 11) is -0.338. The van der Waals surface area contributed by atoms with Gasteiger partial charge in [0.2, 0.25) is 5.91 Å². The zero-order valence-corrected chi connectivity index (χ0v) is 27.2. The highest BCUT2D eigenvalue weighted by Crippen LogP contribution is 2.56. The van der Waals surface area contributed by atoms with Crippen molar-refractivity contribution < 1.29 is 4.79 Å². The number of benzene rings is 3. The summed E-state index contributed by atoms with van der Waals surface area (Å²) in [6.07, 6.45) is 19.3. The molecule has 0 unspecified atom stereocenters. The van der Waals surface area contributed by atoms with Crippen LogP contribution in [0, 0.1) is 5.92 Å². The Morgan fingerprint density at radius 3 is 1.68 bits per heavy atom. The number of rotatable bonds is 7. The maximum Gasteiger partial charge on any atom is 0.231 e. The smallest absolute Gasteiger partial charge is 0.231 e. The van der Waals surface area contributed by atoms with Gasteiger partial charge in [-0.25, -0.2) is 0 Å². The highest BCUT2D eigenvalue weighted by Gasteiger charge is 2.45. The summed E-state index contributed by atoms with van der Waals surface area (Å²) in [5.41, 5.74) is 5.21. The molecule has 0 bridgehead atoms. The molecule has 0 N–H and O–H groups in total. The average molecular weight is 605 g/mol. The van der Waals surface area contributed by atoms with E-state index in [1.165, 1.54) is 92.6 Å². The summed E-state index contributed by atoms with van der Waals surface area (Å²) in [5.74, 6) is 1.32. The number of carbonyl (C=O) groups is 1. The van der Waals surface area contributed by atoms with Crippen molar-refractivity contribution >= 4 is 25.0 Å². The van der Waals surface area contributed by atoms with Crippen LogP contribution in [0.5, 0.6) is 0 Å². The molecule has 4 aliphatic rings. The molecule has 4 heteroatoms. The van der Waals surface area contributed by atoms with E-state index in [4.69, 9.17) is 4.99 Å². The van der Waals surface area contributed by atoms with Crippen molar-refractivity contribution in [2.24, 2.45) is 10.9 Å². The number of hydrogen-bond donors (Lipinski definition) is 0. The molecule has 3 aromatic rings. The van der Waals surface area contributed by atoms with E-state index in [1.807, 2.05) is 0 Å². The Kier molecular flexibility index (Phi) is 9.60. The van der Waals surface area contributed by atoms with Gasteiger partial charge in [-0.2, -0.15) is 0 Å². The highest BCUT2D eigenvalue weighted by molar-refractivity contribution is 7.67. The van der Waals surface area contributed by atoms with Crippen LogP contribution in [-0.2, 0) is 4.79 Å². The van der Waals surface area contributed by atoms with Crippen molar-refractivity contribution in [1.82, 2.24) is 4.90 Å². The van der Waals surface area contributed by atoms with Crippen LogP contribution in [0.25, 0.3) is 0 Å². The summed E-state index contributed by atoms with van der Waals surface area (Å²) >= 11 is 0. The summed E-state index contributed by atoms with van der Waals surface area (Å²) in [4.78, 5) is 22.7. The van der Waals surface area contributed by atoms with Crippen molar-refractivity contribution in [1.29, 1.82) is 0 Å². The minimum absolute atomic E-state index is 0.0834. The predicted octanol–water partition coefficient (Wildman–Crippen LogP) is 10.1. The summed E-state index contributed by atoms with van der Waals surface area (Å²) in [6, 6.07) is 30.5. The normalized spacial score (nSPS) is 24.0. The topological polar surface area (TPSA) is 32.7 Å². The first kappa shape index (κ1) is 29.9. The van der Waals surface area contributed by atoms with E-state index in [2.05, 4.69) is 89.8 Å². The molecule has 7 rings (SSSR count). The van der Waals surface area contributed by atoms with Crippen molar-refractivity contribution in [3.8, 4) is 0 Å². The van der Waals surface area contributed by atoms with Crippen LogP contribution in [0.15, 0.2) is 89.9 Å². The molecular weight excluding hydrogens is 555 g/mol. The average Bonchev–Trinajstić information content (AvgIpc) is 3.51. The molecule has 0 radical (unpaired) electrons. The third-order valence-corrected chi connectivity index (χ3v) is 14.5. The monoisotopic (exact) mass is 604 g/mol. The van der Waals surface area contributed by atoms with Crippen molar-refractivity contribution in [3.63, 3.8) is 0 Å². The van der Waals surface area contributed by atoms with Crippen LogP contribution in [-0.4, -0.2) is 28.0 Å². The first-order valence-corrected chi connectivity index (χ1v) is 19.2. The second kappa shape index (κ2) is 14.1. The molecule has 1 aliphatic heterocycles. The second-order valence-electron chi connectivity index (χ2n) is 13.7. The van der Waals surface area contributed by atoms with Gasteiger partial charge in [0.25, 0.3) is 0 Å². The van der Waals surface area contributed by atoms with Gasteiger partial charge in [0.15, 0.2) is 0 Å². The van der Waals surface area contributed by atoms with E-state index >= 15 is 0 Å². The minimum Gasteiger partial charge on any atom is -0.286 e. The lowest BCUT2D eigenvalue weighted by Crippen LogP contribution is -2.43. The van der Waals surface area contributed by atoms with Crippen molar-refractivity contribution in [2.75, 3.05) is 0 Å². The maximum atomic E-state index is 14.9. The molecule has 1 amide bonds. The fourth-order valence-electron chi connectivity index (χ4n) is 8.71. The molecule has 3 aliphatic carbocycles. The standard InChI is InChI=1S/C40H49N2OP/c43-40(32-22-10-3-11-23-32)42-38(31-20-8-2-9-21-31)37(30-18-6-1-7-19-30)41-39(42)35-28-16-17-29-36(35)44(33-24-12-4-13-25-33)34-26-14-5-15-27-34/h1-2,6-9,16-21,28-29,32-34,37-38H,3-5,10-15,22-27H2/t37-,38-/m1/s1. The Bertz CT molecular complexity index is 1390. The Morgan fingerprint density at radius 1 is 0.591 bits per heavy atom. The molecule has 3 aromatic carbocycles. The minimum atomic E-state index is -0.338. The summed E-state index contributed by atoms with van der Waals surface area (Å²) in [6.45, 7) is 0. The summed E-state index contributed by atoms with van der Waals surface area (Å²) < 4.78 is 0. The van der Waals surface area contributed by atoms with Gasteiger partial charge in [-0.15, -0.1) is 0 Å². The highest BCUT2D eigenvalue weighted by atomic mass is 31.1.